The number of carboxylic acids is 1. The number of aliphatic carboxylic acids is 1. The molecule has 1 spiro atoms. The highest BCUT2D eigenvalue weighted by Gasteiger charge is 2.48. The number of hydrogen-bond donors (Lipinski definition) is 3. The monoisotopic (exact) mass is 459 g/mol. The van der Waals surface area contributed by atoms with Crippen LogP contribution in [0, 0.1) is 5.41 Å². The lowest BCUT2D eigenvalue weighted by Gasteiger charge is -2.39. The van der Waals surface area contributed by atoms with Gasteiger partial charge in [-0.05, 0) is 59.9 Å². The van der Waals surface area contributed by atoms with Gasteiger partial charge in [-0.15, -0.1) is 0 Å². The van der Waals surface area contributed by atoms with Crippen molar-refractivity contribution in [3.8, 4) is 5.88 Å². The maximum atomic E-state index is 11.4. The third kappa shape index (κ3) is 3.81. The normalized spacial score (nSPS) is 22.7. The second-order valence-corrected chi connectivity index (χ2v) is 10.0. The van der Waals surface area contributed by atoms with E-state index in [1.165, 1.54) is 10.8 Å². The standard InChI is InChI=1S/C26H29N5O3/c27-24-29-21(31-11-9-25(10-12-31)15-20(23(32)33)28-16-25)14-22(30-24)34-26(7-8-26)19-6-5-17-3-1-2-4-18(17)13-19/h1-6,13-14,20,28H,7-12,15-16H2,(H,32,33)(H2,27,29,30)/t20-/m0/s1. The van der Waals surface area contributed by atoms with Gasteiger partial charge in [0.2, 0.25) is 11.8 Å². The molecule has 1 saturated carbocycles. The average molecular weight is 460 g/mol. The molecule has 0 amide bonds. The fourth-order valence-electron chi connectivity index (χ4n) is 5.56. The van der Waals surface area contributed by atoms with Crippen molar-refractivity contribution in [2.24, 2.45) is 5.41 Å². The minimum absolute atomic E-state index is 0.0472. The largest absolute Gasteiger partial charge is 0.480 e. The predicted octanol–water partition coefficient (Wildman–Crippen LogP) is 3.31. The number of fused-ring (bicyclic) bond motifs is 1. The Kier molecular flexibility index (Phi) is 4.88. The molecule has 6 rings (SSSR count). The number of anilines is 2. The zero-order valence-corrected chi connectivity index (χ0v) is 19.0. The van der Waals surface area contributed by atoms with E-state index in [0.717, 1.165) is 56.7 Å². The number of aromatic nitrogens is 2. The summed E-state index contributed by atoms with van der Waals surface area (Å²) in [7, 11) is 0. The Morgan fingerprint density at radius 2 is 1.82 bits per heavy atom. The molecule has 1 atom stereocenters. The lowest BCUT2D eigenvalue weighted by atomic mass is 9.76. The summed E-state index contributed by atoms with van der Waals surface area (Å²) < 4.78 is 6.46. The molecule has 1 aromatic heterocycles. The smallest absolute Gasteiger partial charge is 0.320 e. The third-order valence-electron chi connectivity index (χ3n) is 7.79. The van der Waals surface area contributed by atoms with E-state index in [9.17, 15) is 9.90 Å². The number of rotatable bonds is 5. The van der Waals surface area contributed by atoms with E-state index in [-0.39, 0.29) is 17.0 Å². The van der Waals surface area contributed by atoms with Crippen LogP contribution < -0.4 is 20.7 Å². The summed E-state index contributed by atoms with van der Waals surface area (Å²) in [5, 5.41) is 14.9. The van der Waals surface area contributed by atoms with Crippen molar-refractivity contribution < 1.29 is 14.6 Å². The Morgan fingerprint density at radius 3 is 2.53 bits per heavy atom. The summed E-state index contributed by atoms with van der Waals surface area (Å²) in [5.41, 5.74) is 6.92. The van der Waals surface area contributed by atoms with E-state index in [4.69, 9.17) is 10.5 Å². The molecule has 0 unspecified atom stereocenters. The molecule has 3 fully saturated rings. The van der Waals surface area contributed by atoms with Crippen molar-refractivity contribution in [2.45, 2.75) is 43.7 Å². The predicted molar refractivity (Wildman–Crippen MR) is 130 cm³/mol. The Balaban J connectivity index is 1.19. The molecule has 2 aliphatic heterocycles. The van der Waals surface area contributed by atoms with Gasteiger partial charge in [0.1, 0.15) is 17.5 Å². The van der Waals surface area contributed by atoms with Gasteiger partial charge in [-0.2, -0.15) is 9.97 Å². The van der Waals surface area contributed by atoms with Crippen LogP contribution in [0.1, 0.15) is 37.7 Å². The molecule has 34 heavy (non-hydrogen) atoms. The molecule has 4 N–H and O–H groups in total. The maximum absolute atomic E-state index is 11.4. The Morgan fingerprint density at radius 1 is 1.06 bits per heavy atom. The van der Waals surface area contributed by atoms with Gasteiger partial charge in [0.25, 0.3) is 0 Å². The first-order chi connectivity index (χ1) is 16.4. The van der Waals surface area contributed by atoms with Gasteiger partial charge in [0.15, 0.2) is 0 Å². The van der Waals surface area contributed by atoms with Crippen LogP contribution in [0.5, 0.6) is 5.88 Å². The number of nitrogens with one attached hydrogen (secondary N) is 1. The van der Waals surface area contributed by atoms with Crippen molar-refractivity contribution in [3.63, 3.8) is 0 Å². The zero-order chi connectivity index (χ0) is 23.3. The number of carboxylic acid groups (broad SMARTS) is 1. The molecule has 3 aromatic rings. The molecule has 0 radical (unpaired) electrons. The van der Waals surface area contributed by atoms with Gasteiger partial charge in [-0.25, -0.2) is 0 Å². The van der Waals surface area contributed by atoms with Gasteiger partial charge in [0.05, 0.1) is 0 Å². The summed E-state index contributed by atoms with van der Waals surface area (Å²) in [4.78, 5) is 22.4. The lowest BCUT2D eigenvalue weighted by Crippen LogP contribution is -2.41. The minimum atomic E-state index is -0.759. The first kappa shape index (κ1) is 21.2. The topological polar surface area (TPSA) is 114 Å². The molecule has 1 aliphatic carbocycles. The highest BCUT2D eigenvalue weighted by molar-refractivity contribution is 5.83. The van der Waals surface area contributed by atoms with Crippen LogP contribution in [0.15, 0.2) is 48.5 Å². The van der Waals surface area contributed by atoms with Crippen LogP contribution in [-0.2, 0) is 10.4 Å². The van der Waals surface area contributed by atoms with E-state index in [1.807, 2.05) is 12.1 Å². The van der Waals surface area contributed by atoms with Crippen molar-refractivity contribution in [3.05, 3.63) is 54.1 Å². The minimum Gasteiger partial charge on any atom is -0.480 e. The van der Waals surface area contributed by atoms with Gasteiger partial charge in [-0.3, -0.25) is 4.79 Å². The Labute approximate surface area is 198 Å². The Hall–Kier alpha value is -3.39. The van der Waals surface area contributed by atoms with Crippen LogP contribution in [0.3, 0.4) is 0 Å². The molecule has 2 aromatic carbocycles. The molecule has 8 heteroatoms. The molecule has 2 saturated heterocycles. The summed E-state index contributed by atoms with van der Waals surface area (Å²) >= 11 is 0. The lowest BCUT2D eigenvalue weighted by molar-refractivity contribution is -0.139. The zero-order valence-electron chi connectivity index (χ0n) is 19.0. The highest BCUT2D eigenvalue weighted by Crippen LogP contribution is 2.50. The van der Waals surface area contributed by atoms with Crippen LogP contribution >= 0.6 is 0 Å². The van der Waals surface area contributed by atoms with Crippen LogP contribution in [0.25, 0.3) is 10.8 Å². The van der Waals surface area contributed by atoms with E-state index in [0.29, 0.717) is 12.3 Å². The van der Waals surface area contributed by atoms with Crippen LogP contribution in [0.2, 0.25) is 0 Å². The van der Waals surface area contributed by atoms with E-state index < -0.39 is 12.0 Å². The first-order valence-corrected chi connectivity index (χ1v) is 12.0. The van der Waals surface area contributed by atoms with Crippen molar-refractivity contribution in [1.82, 2.24) is 15.3 Å². The number of nitrogens with zero attached hydrogens (tertiary/aromatic N) is 3. The van der Waals surface area contributed by atoms with Crippen molar-refractivity contribution in [1.29, 1.82) is 0 Å². The van der Waals surface area contributed by atoms with Gasteiger partial charge in [0, 0.05) is 25.7 Å². The third-order valence-corrected chi connectivity index (χ3v) is 7.79. The number of nitrogen functional groups attached to an aromatic ring is 1. The van der Waals surface area contributed by atoms with Crippen LogP contribution in [-0.4, -0.2) is 46.7 Å². The van der Waals surface area contributed by atoms with Crippen LogP contribution in [0.4, 0.5) is 11.8 Å². The fourth-order valence-corrected chi connectivity index (χ4v) is 5.56. The number of carbonyl (C=O) groups is 1. The molecule has 3 aliphatic rings. The summed E-state index contributed by atoms with van der Waals surface area (Å²) in [5.74, 6) is 0.718. The Bertz CT molecular complexity index is 1250. The molecule has 176 valence electrons. The SMILES string of the molecule is Nc1nc(OC2(c3ccc4ccccc4c3)CC2)cc(N2CCC3(CC2)CN[C@H](C(=O)O)C3)n1. The molecular weight excluding hydrogens is 430 g/mol. The average Bonchev–Trinajstić information content (AvgIpc) is 3.50. The number of ether oxygens (including phenoxy) is 1. The number of piperidine rings is 1. The van der Waals surface area contributed by atoms with Gasteiger partial charge >= 0.3 is 5.97 Å². The van der Waals surface area contributed by atoms with E-state index >= 15 is 0 Å². The van der Waals surface area contributed by atoms with E-state index in [2.05, 4.69) is 56.6 Å². The number of nitrogens with two attached hydrogens (primary N) is 1. The molecule has 3 heterocycles. The van der Waals surface area contributed by atoms with Gasteiger partial charge in [-0.1, -0.05) is 36.4 Å². The quantitative estimate of drug-likeness (QED) is 0.533. The molecule has 8 nitrogen and oxygen atoms in total. The summed E-state index contributed by atoms with van der Waals surface area (Å²) in [6.07, 6.45) is 4.41. The second kappa shape index (κ2) is 7.84. The summed E-state index contributed by atoms with van der Waals surface area (Å²) in [6, 6.07) is 16.3. The summed E-state index contributed by atoms with van der Waals surface area (Å²) in [6.45, 7) is 2.37. The highest BCUT2D eigenvalue weighted by atomic mass is 16.5. The first-order valence-electron chi connectivity index (χ1n) is 12.0. The van der Waals surface area contributed by atoms with Crippen molar-refractivity contribution >= 4 is 28.5 Å². The number of hydrogen-bond acceptors (Lipinski definition) is 7. The van der Waals surface area contributed by atoms with Gasteiger partial charge < -0.3 is 25.8 Å². The fraction of sp³-hybridized carbons (Fsp3) is 0.423. The van der Waals surface area contributed by atoms with Crippen molar-refractivity contribution in [2.75, 3.05) is 30.3 Å². The molecular formula is C26H29N5O3. The van der Waals surface area contributed by atoms with E-state index in [1.54, 1.807) is 0 Å². The molecule has 0 bridgehead atoms. The number of benzene rings is 2. The maximum Gasteiger partial charge on any atom is 0.320 e. The second-order valence-electron chi connectivity index (χ2n) is 10.0.